The Kier molecular flexibility index (Phi) is 4.98. The summed E-state index contributed by atoms with van der Waals surface area (Å²) in [4.78, 5) is 2.55. The van der Waals surface area contributed by atoms with Crippen molar-refractivity contribution in [1.29, 1.82) is 0 Å². The summed E-state index contributed by atoms with van der Waals surface area (Å²) in [7, 11) is 0. The van der Waals surface area contributed by atoms with Crippen molar-refractivity contribution in [3.63, 3.8) is 0 Å². The van der Waals surface area contributed by atoms with Crippen LogP contribution in [0.15, 0.2) is 35.4 Å². The number of hydrogen-bond acceptors (Lipinski definition) is 2. The van der Waals surface area contributed by atoms with Gasteiger partial charge < -0.3 is 0 Å². The van der Waals surface area contributed by atoms with Crippen LogP contribution in [0.1, 0.15) is 53.0 Å². The lowest BCUT2D eigenvalue weighted by Gasteiger charge is -2.15. The Morgan fingerprint density at radius 2 is 1.24 bits per heavy atom. The first kappa shape index (κ1) is 17.6. The lowest BCUT2D eigenvalue weighted by Crippen LogP contribution is -1.95. The summed E-state index contributed by atoms with van der Waals surface area (Å²) in [6.45, 7) is 4.31. The summed E-state index contributed by atoms with van der Waals surface area (Å²) >= 11 is 15.9. The first-order valence-corrected chi connectivity index (χ1v) is 11.1. The minimum Gasteiger partial charge on any atom is -0.128 e. The number of hydrogen-bond donors (Lipinski definition) is 0. The summed E-state index contributed by atoms with van der Waals surface area (Å²) in [5, 5.41) is 0. The Morgan fingerprint density at radius 1 is 0.760 bits per heavy atom. The lowest BCUT2D eigenvalue weighted by atomic mass is 9.91. The fourth-order valence-electron chi connectivity index (χ4n) is 3.85. The molecule has 0 unspecified atom stereocenters. The monoisotopic (exact) mass is 406 g/mol. The standard InChI is InChI=1S/C21H20Cl2S2/c1-12-16(10-20(22)24-12)18-8-15(14-6-4-3-5-7-14)9-19(18)17-11-21(23)25-13(17)2/h8-11H,3-7H2,1-2H3. The molecule has 0 N–H and O–H groups in total. The van der Waals surface area contributed by atoms with E-state index in [4.69, 9.17) is 23.2 Å². The van der Waals surface area contributed by atoms with Crippen LogP contribution in [-0.4, -0.2) is 0 Å². The maximum Gasteiger partial charge on any atom is 0.0937 e. The summed E-state index contributed by atoms with van der Waals surface area (Å²) in [5.74, 6) is 0. The largest absolute Gasteiger partial charge is 0.128 e. The maximum atomic E-state index is 6.30. The van der Waals surface area contributed by atoms with Gasteiger partial charge in [0.1, 0.15) is 0 Å². The minimum atomic E-state index is 0.853. The summed E-state index contributed by atoms with van der Waals surface area (Å²) in [5.41, 5.74) is 8.13. The summed E-state index contributed by atoms with van der Waals surface area (Å²) in [6.07, 6.45) is 11.2. The first-order chi connectivity index (χ1) is 12.0. The molecule has 0 atom stereocenters. The molecule has 0 bridgehead atoms. The van der Waals surface area contributed by atoms with Gasteiger partial charge in [-0.15, -0.1) is 22.7 Å². The zero-order valence-electron chi connectivity index (χ0n) is 14.4. The average molecular weight is 407 g/mol. The second-order valence-electron chi connectivity index (χ2n) is 6.78. The highest BCUT2D eigenvalue weighted by molar-refractivity contribution is 7.16. The predicted molar refractivity (Wildman–Crippen MR) is 114 cm³/mol. The Labute approximate surface area is 167 Å². The fourth-order valence-corrected chi connectivity index (χ4v) is 6.26. The second-order valence-corrected chi connectivity index (χ2v) is 10.6. The first-order valence-electron chi connectivity index (χ1n) is 8.71. The number of halogens is 2. The molecule has 2 aliphatic carbocycles. The molecule has 2 heterocycles. The van der Waals surface area contributed by atoms with Crippen LogP contribution in [0, 0.1) is 13.8 Å². The molecule has 1 saturated carbocycles. The van der Waals surface area contributed by atoms with Crippen molar-refractivity contribution >= 4 is 57.0 Å². The molecular formula is C21H20Cl2S2. The van der Waals surface area contributed by atoms with Crippen LogP contribution in [0.25, 0.3) is 11.1 Å². The molecule has 0 saturated heterocycles. The number of rotatable bonds is 2. The zero-order valence-corrected chi connectivity index (χ0v) is 17.6. The van der Waals surface area contributed by atoms with Crippen molar-refractivity contribution in [1.82, 2.24) is 0 Å². The van der Waals surface area contributed by atoms with Crippen molar-refractivity contribution in [3.8, 4) is 0 Å². The Balaban J connectivity index is 1.87. The van der Waals surface area contributed by atoms with Gasteiger partial charge in [-0.05, 0) is 91.7 Å². The van der Waals surface area contributed by atoms with E-state index in [1.54, 1.807) is 28.2 Å². The molecule has 2 aromatic rings. The van der Waals surface area contributed by atoms with E-state index in [0.29, 0.717) is 0 Å². The van der Waals surface area contributed by atoms with Crippen LogP contribution in [0.3, 0.4) is 0 Å². The van der Waals surface area contributed by atoms with Crippen LogP contribution in [0.5, 0.6) is 0 Å². The Morgan fingerprint density at radius 3 is 1.64 bits per heavy atom. The molecule has 0 amide bonds. The highest BCUT2D eigenvalue weighted by atomic mass is 35.5. The molecule has 0 aromatic carbocycles. The topological polar surface area (TPSA) is 0 Å². The molecule has 130 valence electrons. The van der Waals surface area contributed by atoms with Crippen molar-refractivity contribution in [2.24, 2.45) is 0 Å². The van der Waals surface area contributed by atoms with Gasteiger partial charge in [0.2, 0.25) is 0 Å². The van der Waals surface area contributed by atoms with E-state index in [0.717, 1.165) is 8.67 Å². The van der Waals surface area contributed by atoms with Crippen molar-refractivity contribution < 1.29 is 0 Å². The van der Waals surface area contributed by atoms with E-state index < -0.39 is 0 Å². The van der Waals surface area contributed by atoms with Crippen LogP contribution in [-0.2, 0) is 0 Å². The van der Waals surface area contributed by atoms with Crippen LogP contribution >= 0.6 is 45.9 Å². The van der Waals surface area contributed by atoms with Gasteiger partial charge in [-0.25, -0.2) is 0 Å². The van der Waals surface area contributed by atoms with Gasteiger partial charge in [-0.1, -0.05) is 35.2 Å². The molecule has 2 aromatic heterocycles. The summed E-state index contributed by atoms with van der Waals surface area (Å²) in [6, 6.07) is 4.22. The van der Waals surface area contributed by atoms with E-state index in [-0.39, 0.29) is 0 Å². The van der Waals surface area contributed by atoms with E-state index in [1.807, 2.05) is 0 Å². The van der Waals surface area contributed by atoms with E-state index in [9.17, 15) is 0 Å². The van der Waals surface area contributed by atoms with Gasteiger partial charge in [-0.2, -0.15) is 0 Å². The highest BCUT2D eigenvalue weighted by Crippen LogP contribution is 2.46. The summed E-state index contributed by atoms with van der Waals surface area (Å²) < 4.78 is 1.71. The zero-order chi connectivity index (χ0) is 17.6. The third kappa shape index (κ3) is 3.42. The molecule has 1 fully saturated rings. The van der Waals surface area contributed by atoms with Gasteiger partial charge in [0, 0.05) is 9.75 Å². The van der Waals surface area contributed by atoms with Gasteiger partial charge in [0.25, 0.3) is 0 Å². The molecular weight excluding hydrogens is 387 g/mol. The molecule has 0 aliphatic heterocycles. The molecule has 25 heavy (non-hydrogen) atoms. The van der Waals surface area contributed by atoms with Crippen LogP contribution in [0.4, 0.5) is 0 Å². The molecule has 0 spiro atoms. The number of allylic oxidation sites excluding steroid dienone is 6. The molecule has 2 aliphatic rings. The fraction of sp³-hybridized carbons (Fsp3) is 0.333. The lowest BCUT2D eigenvalue weighted by molar-refractivity contribution is 0.597. The van der Waals surface area contributed by atoms with Gasteiger partial charge >= 0.3 is 0 Å². The highest BCUT2D eigenvalue weighted by Gasteiger charge is 2.24. The van der Waals surface area contributed by atoms with E-state index in [1.165, 1.54) is 69.7 Å². The third-order valence-corrected chi connectivity index (χ3v) is 7.47. The van der Waals surface area contributed by atoms with Gasteiger partial charge in [-0.3, -0.25) is 0 Å². The molecule has 4 rings (SSSR count). The third-order valence-electron chi connectivity index (χ3n) is 5.11. The molecule has 4 heteroatoms. The number of thiophene rings is 2. The molecule has 0 nitrogen and oxygen atoms in total. The second kappa shape index (κ2) is 7.08. The normalized spacial score (nSPS) is 17.9. The van der Waals surface area contributed by atoms with E-state index >= 15 is 0 Å². The van der Waals surface area contributed by atoms with Gasteiger partial charge in [0.05, 0.1) is 8.67 Å². The van der Waals surface area contributed by atoms with Gasteiger partial charge in [0.15, 0.2) is 0 Å². The van der Waals surface area contributed by atoms with Crippen molar-refractivity contribution in [2.75, 3.05) is 0 Å². The number of aryl methyl sites for hydroxylation is 2. The maximum absolute atomic E-state index is 6.30. The quantitative estimate of drug-likeness (QED) is 0.468. The van der Waals surface area contributed by atoms with Crippen molar-refractivity contribution in [3.05, 3.63) is 65.0 Å². The van der Waals surface area contributed by atoms with E-state index in [2.05, 4.69) is 38.1 Å². The minimum absolute atomic E-state index is 0.853. The smallest absolute Gasteiger partial charge is 0.0937 e. The van der Waals surface area contributed by atoms with Crippen LogP contribution in [0.2, 0.25) is 8.67 Å². The Bertz CT molecular complexity index is 850. The van der Waals surface area contributed by atoms with Crippen LogP contribution < -0.4 is 0 Å². The average Bonchev–Trinajstić information content (AvgIpc) is 3.25. The van der Waals surface area contributed by atoms with Crippen molar-refractivity contribution in [2.45, 2.75) is 46.0 Å². The molecule has 0 radical (unpaired) electrons. The Hall–Kier alpha value is -0.800. The SMILES string of the molecule is Cc1sc(Cl)cc1C1=CC(=C2CCCCC2)C=C1c1cc(Cl)sc1C. The predicted octanol–water partition coefficient (Wildman–Crippen LogP) is 8.47.